The fourth-order valence-electron chi connectivity index (χ4n) is 8.02. The van der Waals surface area contributed by atoms with Gasteiger partial charge in [0.15, 0.2) is 0 Å². The van der Waals surface area contributed by atoms with Crippen LogP contribution in [0.1, 0.15) is 90.4 Å². The van der Waals surface area contributed by atoms with Crippen molar-refractivity contribution in [2.24, 2.45) is 35.0 Å². The van der Waals surface area contributed by atoms with Crippen LogP contribution in [-0.4, -0.2) is 17.8 Å². The summed E-state index contributed by atoms with van der Waals surface area (Å²) < 4.78 is 5.18. The van der Waals surface area contributed by atoms with Crippen LogP contribution in [0.3, 0.4) is 0 Å². The van der Waals surface area contributed by atoms with Crippen molar-refractivity contribution < 1.29 is 9.53 Å². The summed E-state index contributed by atoms with van der Waals surface area (Å²) in [6.45, 7) is 2.60. The Hall–Kier alpha value is -0.180. The molecule has 4 aliphatic carbocycles. The first-order valence-corrected chi connectivity index (χ1v) is 11.7. The first-order valence-electron chi connectivity index (χ1n) is 11.3. The molecule has 3 heteroatoms. The lowest BCUT2D eigenvalue weighted by Crippen LogP contribution is -2.55. The first kappa shape index (κ1) is 19.2. The van der Waals surface area contributed by atoms with Gasteiger partial charge in [-0.25, -0.2) is 0 Å². The van der Waals surface area contributed by atoms with Crippen LogP contribution in [0, 0.1) is 35.0 Å². The normalized spacial score (nSPS) is 47.6. The average Bonchev–Trinajstić information content (AvgIpc) is 2.97. The quantitative estimate of drug-likeness (QED) is 0.477. The molecule has 7 atom stereocenters. The monoisotopic (exact) mass is 378 g/mol. The third kappa shape index (κ3) is 3.05. The maximum absolute atomic E-state index is 11.5. The van der Waals surface area contributed by atoms with Gasteiger partial charge in [0.1, 0.15) is 0 Å². The van der Waals surface area contributed by atoms with Crippen molar-refractivity contribution in [2.75, 3.05) is 7.11 Å². The van der Waals surface area contributed by atoms with Crippen molar-refractivity contribution >= 4 is 18.6 Å². The van der Waals surface area contributed by atoms with Crippen LogP contribution in [-0.2, 0) is 9.53 Å². The van der Waals surface area contributed by atoms with Crippen molar-refractivity contribution in [3.63, 3.8) is 0 Å². The zero-order valence-corrected chi connectivity index (χ0v) is 17.7. The Kier molecular flexibility index (Phi) is 5.40. The standard InChI is InChI=1S/C23H38O2S/c1-22-15-13-20-18(11-9-17-6-3-4-14-23(17,20)26)19(22)12-10-16(22)7-5-8-21(24)25-2/h16-20,26H,3-15H2,1-2H3. The molecule has 4 saturated carbocycles. The van der Waals surface area contributed by atoms with Gasteiger partial charge in [-0.05, 0) is 99.2 Å². The molecular weight excluding hydrogens is 340 g/mol. The van der Waals surface area contributed by atoms with E-state index in [9.17, 15) is 4.79 Å². The maximum atomic E-state index is 11.5. The van der Waals surface area contributed by atoms with Crippen molar-refractivity contribution in [1.82, 2.24) is 0 Å². The molecule has 0 spiro atoms. The van der Waals surface area contributed by atoms with Crippen molar-refractivity contribution in [3.05, 3.63) is 0 Å². The molecule has 2 nitrogen and oxygen atoms in total. The number of carbonyl (C=O) groups excluding carboxylic acids is 1. The van der Waals surface area contributed by atoms with Gasteiger partial charge in [-0.15, -0.1) is 0 Å². The van der Waals surface area contributed by atoms with Crippen LogP contribution in [0.4, 0.5) is 0 Å². The summed E-state index contributed by atoms with van der Waals surface area (Å²) in [5, 5.41) is 0. The van der Waals surface area contributed by atoms with Crippen LogP contribution in [0.15, 0.2) is 0 Å². The predicted molar refractivity (Wildman–Crippen MR) is 109 cm³/mol. The average molecular weight is 379 g/mol. The third-order valence-electron chi connectivity index (χ3n) is 9.37. The van der Waals surface area contributed by atoms with E-state index < -0.39 is 0 Å². The van der Waals surface area contributed by atoms with Crippen LogP contribution in [0.5, 0.6) is 0 Å². The van der Waals surface area contributed by atoms with E-state index >= 15 is 0 Å². The lowest BCUT2D eigenvalue weighted by molar-refractivity contribution is -0.140. The smallest absolute Gasteiger partial charge is 0.305 e. The summed E-state index contributed by atoms with van der Waals surface area (Å²) in [5.74, 6) is 4.38. The molecule has 0 aliphatic heterocycles. The fourth-order valence-corrected chi connectivity index (χ4v) is 8.75. The molecular formula is C23H38O2S. The molecule has 0 bridgehead atoms. The van der Waals surface area contributed by atoms with Crippen molar-refractivity contribution in [1.29, 1.82) is 0 Å². The van der Waals surface area contributed by atoms with Gasteiger partial charge in [0.05, 0.1) is 7.11 Å². The summed E-state index contributed by atoms with van der Waals surface area (Å²) in [7, 11) is 1.51. The van der Waals surface area contributed by atoms with Gasteiger partial charge < -0.3 is 4.74 Å². The molecule has 4 rings (SSSR count). The van der Waals surface area contributed by atoms with Gasteiger partial charge in [-0.1, -0.05) is 19.8 Å². The van der Waals surface area contributed by atoms with Gasteiger partial charge in [-0.2, -0.15) is 12.6 Å². The zero-order chi connectivity index (χ0) is 18.4. The molecule has 148 valence electrons. The summed E-state index contributed by atoms with van der Waals surface area (Å²) in [6, 6.07) is 0. The number of esters is 1. The van der Waals surface area contributed by atoms with Gasteiger partial charge in [-0.3, -0.25) is 4.79 Å². The molecule has 0 N–H and O–H groups in total. The highest BCUT2D eigenvalue weighted by Gasteiger charge is 2.59. The van der Waals surface area contributed by atoms with Gasteiger partial charge in [0.25, 0.3) is 0 Å². The molecule has 0 aromatic heterocycles. The fraction of sp³-hybridized carbons (Fsp3) is 0.957. The van der Waals surface area contributed by atoms with Gasteiger partial charge in [0, 0.05) is 11.2 Å². The molecule has 0 aromatic rings. The number of carbonyl (C=O) groups is 1. The minimum Gasteiger partial charge on any atom is -0.469 e. The number of thiol groups is 1. The molecule has 0 radical (unpaired) electrons. The van der Waals surface area contributed by atoms with E-state index in [0.29, 0.717) is 16.6 Å². The third-order valence-corrected chi connectivity index (χ3v) is 10.3. The van der Waals surface area contributed by atoms with E-state index in [4.69, 9.17) is 17.4 Å². The number of ether oxygens (including phenoxy) is 1. The Balaban J connectivity index is 1.45. The molecule has 4 fully saturated rings. The number of hydrogen-bond donors (Lipinski definition) is 1. The van der Waals surface area contributed by atoms with Crippen LogP contribution < -0.4 is 0 Å². The summed E-state index contributed by atoms with van der Waals surface area (Å²) >= 11 is 5.42. The Bertz CT molecular complexity index is 534. The minimum atomic E-state index is -0.0407. The van der Waals surface area contributed by atoms with E-state index in [-0.39, 0.29) is 5.97 Å². The molecule has 4 aliphatic rings. The van der Waals surface area contributed by atoms with E-state index in [1.807, 2.05) is 0 Å². The van der Waals surface area contributed by atoms with Crippen molar-refractivity contribution in [3.8, 4) is 0 Å². The maximum Gasteiger partial charge on any atom is 0.305 e. The minimum absolute atomic E-state index is 0.0407. The summed E-state index contributed by atoms with van der Waals surface area (Å²) in [6.07, 6.45) is 17.0. The second kappa shape index (κ2) is 7.33. The van der Waals surface area contributed by atoms with Gasteiger partial charge in [0.2, 0.25) is 0 Å². The Morgan fingerprint density at radius 3 is 2.69 bits per heavy atom. The van der Waals surface area contributed by atoms with E-state index in [1.165, 1.54) is 77.7 Å². The largest absolute Gasteiger partial charge is 0.469 e. The molecule has 0 heterocycles. The molecule has 7 unspecified atom stereocenters. The number of fused-ring (bicyclic) bond motifs is 5. The zero-order valence-electron chi connectivity index (χ0n) is 16.8. The van der Waals surface area contributed by atoms with Crippen LogP contribution in [0.2, 0.25) is 0 Å². The summed E-state index contributed by atoms with van der Waals surface area (Å²) in [4.78, 5) is 11.5. The first-order chi connectivity index (χ1) is 12.5. The highest BCUT2D eigenvalue weighted by Crippen LogP contribution is 2.66. The molecule has 0 aromatic carbocycles. The van der Waals surface area contributed by atoms with Gasteiger partial charge >= 0.3 is 5.97 Å². The number of hydrogen-bond acceptors (Lipinski definition) is 3. The second-order valence-corrected chi connectivity index (χ2v) is 11.0. The van der Waals surface area contributed by atoms with Crippen LogP contribution >= 0.6 is 12.6 Å². The lowest BCUT2D eigenvalue weighted by atomic mass is 9.49. The molecule has 0 amide bonds. The molecule has 0 saturated heterocycles. The highest BCUT2D eigenvalue weighted by atomic mass is 32.1. The van der Waals surface area contributed by atoms with E-state index in [1.54, 1.807) is 0 Å². The molecule has 26 heavy (non-hydrogen) atoms. The lowest BCUT2D eigenvalue weighted by Gasteiger charge is -2.60. The predicted octanol–water partition coefficient (Wildman–Crippen LogP) is 6.04. The van der Waals surface area contributed by atoms with E-state index in [2.05, 4.69) is 6.92 Å². The Morgan fingerprint density at radius 2 is 1.88 bits per heavy atom. The topological polar surface area (TPSA) is 26.3 Å². The SMILES string of the molecule is COC(=O)CCCC1CCC2C3CCC4CCCCC4(S)C3CCC12C. The Labute approximate surface area is 165 Å². The number of rotatable bonds is 4. The number of methoxy groups -OCH3 is 1. The Morgan fingerprint density at radius 1 is 1.04 bits per heavy atom. The van der Waals surface area contributed by atoms with E-state index in [0.717, 1.165) is 36.0 Å². The highest BCUT2D eigenvalue weighted by molar-refractivity contribution is 7.81. The van der Waals surface area contributed by atoms with Crippen LogP contribution in [0.25, 0.3) is 0 Å². The summed E-state index contributed by atoms with van der Waals surface area (Å²) in [5.41, 5.74) is 0.517. The second-order valence-electron chi connectivity index (χ2n) is 10.2. The van der Waals surface area contributed by atoms with Crippen molar-refractivity contribution in [2.45, 2.75) is 95.1 Å².